The Morgan fingerprint density at radius 1 is 1.29 bits per heavy atom. The molecule has 0 fully saturated rings. The Bertz CT molecular complexity index is 959. The number of amides is 1. The summed E-state index contributed by atoms with van der Waals surface area (Å²) < 4.78 is 29.6. The number of sulfone groups is 1. The summed E-state index contributed by atoms with van der Waals surface area (Å²) in [6.07, 6.45) is 6.23. The van der Waals surface area contributed by atoms with Crippen LogP contribution in [-0.4, -0.2) is 30.1 Å². The van der Waals surface area contributed by atoms with Gasteiger partial charge in [-0.05, 0) is 30.3 Å². The zero-order valence-electron chi connectivity index (χ0n) is 12.8. The zero-order valence-corrected chi connectivity index (χ0v) is 13.7. The van der Waals surface area contributed by atoms with E-state index in [2.05, 4.69) is 10.3 Å². The smallest absolute Gasteiger partial charge is 0.291 e. The number of carbonyl (C=O) groups is 1. The fourth-order valence-electron chi connectivity index (χ4n) is 2.18. The van der Waals surface area contributed by atoms with Crippen molar-refractivity contribution in [3.8, 4) is 5.69 Å². The minimum absolute atomic E-state index is 0.0571. The van der Waals surface area contributed by atoms with E-state index in [1.54, 1.807) is 30.9 Å². The van der Waals surface area contributed by atoms with Crippen LogP contribution in [0, 0.1) is 0 Å². The maximum atomic E-state index is 12.2. The number of nitrogens with zero attached hydrogens (tertiary/aromatic N) is 2. The van der Waals surface area contributed by atoms with Gasteiger partial charge in [0.05, 0.1) is 6.33 Å². The molecule has 2 aromatic heterocycles. The molecule has 24 heavy (non-hydrogen) atoms. The highest BCUT2D eigenvalue weighted by Gasteiger charge is 2.14. The van der Waals surface area contributed by atoms with Gasteiger partial charge in [0.2, 0.25) is 0 Å². The van der Waals surface area contributed by atoms with Crippen molar-refractivity contribution in [2.45, 2.75) is 5.75 Å². The summed E-state index contributed by atoms with van der Waals surface area (Å²) >= 11 is 0. The first-order valence-electron chi connectivity index (χ1n) is 7.07. The SMILES string of the molecule is CS(=O)(=O)Cc1ccc(C(=O)Nc2cccc(-n3ccnc3)c2)o1. The lowest BCUT2D eigenvalue weighted by molar-refractivity contribution is 0.0995. The summed E-state index contributed by atoms with van der Waals surface area (Å²) in [7, 11) is -3.21. The van der Waals surface area contributed by atoms with Crippen molar-refractivity contribution in [3.05, 3.63) is 66.6 Å². The van der Waals surface area contributed by atoms with E-state index < -0.39 is 15.7 Å². The van der Waals surface area contributed by atoms with E-state index in [0.717, 1.165) is 11.9 Å². The molecule has 124 valence electrons. The number of aromatic nitrogens is 2. The molecule has 3 aromatic rings. The maximum absolute atomic E-state index is 12.2. The summed E-state index contributed by atoms with van der Waals surface area (Å²) in [6.45, 7) is 0. The van der Waals surface area contributed by atoms with E-state index in [-0.39, 0.29) is 17.3 Å². The molecule has 7 nitrogen and oxygen atoms in total. The van der Waals surface area contributed by atoms with Crippen LogP contribution < -0.4 is 5.32 Å². The van der Waals surface area contributed by atoms with E-state index in [1.807, 2.05) is 16.7 Å². The number of hydrogen-bond acceptors (Lipinski definition) is 5. The van der Waals surface area contributed by atoms with Crippen LogP contribution in [0.3, 0.4) is 0 Å². The first-order chi connectivity index (χ1) is 11.4. The first kappa shape index (κ1) is 16.0. The van der Waals surface area contributed by atoms with Crippen molar-refractivity contribution < 1.29 is 17.6 Å². The van der Waals surface area contributed by atoms with Crippen LogP contribution in [0.5, 0.6) is 0 Å². The van der Waals surface area contributed by atoms with Gasteiger partial charge in [0.15, 0.2) is 15.6 Å². The average Bonchev–Trinajstić information content (AvgIpc) is 3.17. The molecule has 0 saturated carbocycles. The van der Waals surface area contributed by atoms with Crippen molar-refractivity contribution in [2.24, 2.45) is 0 Å². The Morgan fingerprint density at radius 2 is 2.12 bits per heavy atom. The third-order valence-corrected chi connectivity index (χ3v) is 4.01. The van der Waals surface area contributed by atoms with Crippen molar-refractivity contribution in [3.63, 3.8) is 0 Å². The molecular formula is C16H15N3O4S. The minimum atomic E-state index is -3.21. The van der Waals surface area contributed by atoms with Crippen molar-refractivity contribution >= 4 is 21.4 Å². The van der Waals surface area contributed by atoms with Crippen LogP contribution in [0.4, 0.5) is 5.69 Å². The highest BCUT2D eigenvalue weighted by atomic mass is 32.2. The molecule has 0 atom stereocenters. The quantitative estimate of drug-likeness (QED) is 0.765. The van der Waals surface area contributed by atoms with Gasteiger partial charge in [0.1, 0.15) is 11.5 Å². The van der Waals surface area contributed by atoms with Crippen LogP contribution in [0.15, 0.2) is 59.5 Å². The average molecular weight is 345 g/mol. The molecule has 3 rings (SSSR count). The Morgan fingerprint density at radius 3 is 2.83 bits per heavy atom. The number of carbonyl (C=O) groups excluding carboxylic acids is 1. The number of anilines is 1. The molecule has 0 spiro atoms. The summed E-state index contributed by atoms with van der Waals surface area (Å²) in [6, 6.07) is 10.2. The maximum Gasteiger partial charge on any atom is 0.291 e. The fourth-order valence-corrected chi connectivity index (χ4v) is 2.86. The Balaban J connectivity index is 1.74. The van der Waals surface area contributed by atoms with Gasteiger partial charge in [0.25, 0.3) is 5.91 Å². The van der Waals surface area contributed by atoms with Gasteiger partial charge in [-0.15, -0.1) is 0 Å². The summed E-state index contributed by atoms with van der Waals surface area (Å²) in [5.74, 6) is -0.398. The third kappa shape index (κ3) is 3.90. The van der Waals surface area contributed by atoms with E-state index >= 15 is 0 Å². The zero-order chi connectivity index (χ0) is 17.2. The molecule has 0 radical (unpaired) electrons. The normalized spacial score (nSPS) is 11.4. The molecule has 8 heteroatoms. The van der Waals surface area contributed by atoms with Crippen LogP contribution in [0.25, 0.3) is 5.69 Å². The standard InChI is InChI=1S/C16H15N3O4S/c1-24(21,22)10-14-5-6-15(23-14)16(20)18-12-3-2-4-13(9-12)19-8-7-17-11-19/h2-9,11H,10H2,1H3,(H,18,20). The lowest BCUT2D eigenvalue weighted by Gasteiger charge is -2.07. The molecule has 0 unspecified atom stereocenters. The van der Waals surface area contributed by atoms with Gasteiger partial charge < -0.3 is 14.3 Å². The number of furan rings is 1. The van der Waals surface area contributed by atoms with Crippen molar-refractivity contribution in [1.82, 2.24) is 9.55 Å². The van der Waals surface area contributed by atoms with Gasteiger partial charge >= 0.3 is 0 Å². The van der Waals surface area contributed by atoms with Crippen molar-refractivity contribution in [1.29, 1.82) is 0 Å². The topological polar surface area (TPSA) is 94.2 Å². The molecule has 0 aliphatic carbocycles. The van der Waals surface area contributed by atoms with Gasteiger partial charge in [0, 0.05) is 30.0 Å². The molecule has 0 saturated heterocycles. The fraction of sp³-hybridized carbons (Fsp3) is 0.125. The predicted molar refractivity (Wildman–Crippen MR) is 88.8 cm³/mol. The molecule has 1 amide bonds. The van der Waals surface area contributed by atoms with Gasteiger partial charge in [-0.1, -0.05) is 6.07 Å². The minimum Gasteiger partial charge on any atom is -0.455 e. The predicted octanol–water partition coefficient (Wildman–Crippen LogP) is 2.26. The van der Waals surface area contributed by atoms with Crippen LogP contribution >= 0.6 is 0 Å². The van der Waals surface area contributed by atoms with Crippen LogP contribution in [-0.2, 0) is 15.6 Å². The molecule has 0 bridgehead atoms. The van der Waals surface area contributed by atoms with Crippen LogP contribution in [0.2, 0.25) is 0 Å². The number of hydrogen-bond donors (Lipinski definition) is 1. The molecule has 1 N–H and O–H groups in total. The molecule has 0 aliphatic rings. The third-order valence-electron chi connectivity index (χ3n) is 3.20. The number of benzene rings is 1. The molecule has 0 aliphatic heterocycles. The number of imidazole rings is 1. The highest BCUT2D eigenvalue weighted by molar-refractivity contribution is 7.89. The second kappa shape index (κ2) is 6.32. The lowest BCUT2D eigenvalue weighted by Crippen LogP contribution is -2.11. The second-order valence-electron chi connectivity index (χ2n) is 5.31. The Kier molecular flexibility index (Phi) is 4.22. The van der Waals surface area contributed by atoms with Crippen molar-refractivity contribution in [2.75, 3.05) is 11.6 Å². The molecule has 2 heterocycles. The summed E-state index contributed by atoms with van der Waals surface area (Å²) in [4.78, 5) is 16.2. The van der Waals surface area contributed by atoms with Gasteiger partial charge in [-0.3, -0.25) is 4.79 Å². The van der Waals surface area contributed by atoms with E-state index in [4.69, 9.17) is 4.42 Å². The second-order valence-corrected chi connectivity index (χ2v) is 7.45. The Hall–Kier alpha value is -2.87. The van der Waals surface area contributed by atoms with Crippen LogP contribution in [0.1, 0.15) is 16.3 Å². The van der Waals surface area contributed by atoms with Gasteiger partial charge in [-0.25, -0.2) is 13.4 Å². The molecular weight excluding hydrogens is 330 g/mol. The summed E-state index contributed by atoms with van der Waals surface area (Å²) in [5.41, 5.74) is 1.44. The van der Waals surface area contributed by atoms with Gasteiger partial charge in [-0.2, -0.15) is 0 Å². The number of rotatable bonds is 5. The largest absolute Gasteiger partial charge is 0.455 e. The summed E-state index contributed by atoms with van der Waals surface area (Å²) in [5, 5.41) is 2.72. The Labute approximate surface area is 138 Å². The van der Waals surface area contributed by atoms with E-state index in [0.29, 0.717) is 5.69 Å². The van der Waals surface area contributed by atoms with E-state index in [9.17, 15) is 13.2 Å². The highest BCUT2D eigenvalue weighted by Crippen LogP contribution is 2.17. The first-order valence-corrected chi connectivity index (χ1v) is 9.13. The molecule has 1 aromatic carbocycles. The monoisotopic (exact) mass is 345 g/mol. The van der Waals surface area contributed by atoms with E-state index in [1.165, 1.54) is 12.1 Å². The lowest BCUT2D eigenvalue weighted by atomic mass is 10.2. The number of nitrogens with one attached hydrogen (secondary N) is 1.